The van der Waals surface area contributed by atoms with Crippen molar-refractivity contribution in [2.45, 2.75) is 31.2 Å². The summed E-state index contributed by atoms with van der Waals surface area (Å²) < 4.78 is 14.0. The highest BCUT2D eigenvalue weighted by Gasteiger charge is 2.24. The third kappa shape index (κ3) is 3.19. The van der Waals surface area contributed by atoms with Crippen LogP contribution in [0.3, 0.4) is 0 Å². The van der Waals surface area contributed by atoms with Crippen molar-refractivity contribution in [3.63, 3.8) is 0 Å². The standard InChI is InChI=1S/C14H18FN5/c1-20-18-14(17-19-20)8-10(9-16-11-6-7-11)12-4-2-3-5-13(12)15/h2-5,10-11,16H,6-9H2,1H3. The Morgan fingerprint density at radius 3 is 2.85 bits per heavy atom. The minimum atomic E-state index is -0.168. The van der Waals surface area contributed by atoms with Crippen molar-refractivity contribution >= 4 is 0 Å². The first kappa shape index (κ1) is 13.2. The molecule has 1 N–H and O–H groups in total. The molecule has 6 heteroatoms. The first-order chi connectivity index (χ1) is 9.72. The van der Waals surface area contributed by atoms with Gasteiger partial charge in [0, 0.05) is 24.9 Å². The van der Waals surface area contributed by atoms with Gasteiger partial charge in [-0.25, -0.2) is 4.39 Å². The number of nitrogens with zero attached hydrogens (tertiary/aromatic N) is 4. The van der Waals surface area contributed by atoms with Crippen LogP contribution in [0.25, 0.3) is 0 Å². The van der Waals surface area contributed by atoms with Crippen molar-refractivity contribution in [2.24, 2.45) is 7.05 Å². The highest BCUT2D eigenvalue weighted by atomic mass is 19.1. The van der Waals surface area contributed by atoms with Crippen molar-refractivity contribution in [1.29, 1.82) is 0 Å². The van der Waals surface area contributed by atoms with Gasteiger partial charge < -0.3 is 5.32 Å². The van der Waals surface area contributed by atoms with E-state index < -0.39 is 0 Å². The maximum atomic E-state index is 14.0. The van der Waals surface area contributed by atoms with E-state index in [9.17, 15) is 4.39 Å². The third-order valence-electron chi connectivity index (χ3n) is 3.55. The quantitative estimate of drug-likeness (QED) is 0.866. The van der Waals surface area contributed by atoms with Gasteiger partial charge in [-0.15, -0.1) is 10.2 Å². The van der Waals surface area contributed by atoms with Crippen molar-refractivity contribution in [1.82, 2.24) is 25.5 Å². The van der Waals surface area contributed by atoms with Crippen molar-refractivity contribution in [3.8, 4) is 0 Å². The molecule has 0 spiro atoms. The zero-order valence-corrected chi connectivity index (χ0v) is 11.5. The Morgan fingerprint density at radius 1 is 1.40 bits per heavy atom. The van der Waals surface area contributed by atoms with Gasteiger partial charge in [0.05, 0.1) is 7.05 Å². The number of halogens is 1. The van der Waals surface area contributed by atoms with Gasteiger partial charge in [-0.1, -0.05) is 18.2 Å². The number of benzene rings is 1. The Bertz CT molecular complexity index is 578. The molecule has 3 rings (SSSR count). The Morgan fingerprint density at radius 2 is 2.20 bits per heavy atom. The molecule has 20 heavy (non-hydrogen) atoms. The van der Waals surface area contributed by atoms with Gasteiger partial charge in [0.2, 0.25) is 0 Å². The first-order valence-electron chi connectivity index (χ1n) is 6.93. The lowest BCUT2D eigenvalue weighted by molar-refractivity contribution is 0.527. The van der Waals surface area contributed by atoms with Crippen LogP contribution in [0.4, 0.5) is 4.39 Å². The fourth-order valence-corrected chi connectivity index (χ4v) is 2.32. The highest BCUT2D eigenvalue weighted by Crippen LogP contribution is 2.24. The Balaban J connectivity index is 1.77. The summed E-state index contributed by atoms with van der Waals surface area (Å²) in [5.74, 6) is 0.512. The van der Waals surface area contributed by atoms with E-state index in [4.69, 9.17) is 0 Å². The van der Waals surface area contributed by atoms with E-state index in [0.29, 0.717) is 23.9 Å². The summed E-state index contributed by atoms with van der Waals surface area (Å²) in [6, 6.07) is 7.52. The van der Waals surface area contributed by atoms with Crippen LogP contribution in [-0.2, 0) is 13.5 Å². The van der Waals surface area contributed by atoms with Crippen LogP contribution in [0.15, 0.2) is 24.3 Å². The van der Waals surface area contributed by atoms with E-state index in [-0.39, 0.29) is 11.7 Å². The largest absolute Gasteiger partial charge is 0.313 e. The van der Waals surface area contributed by atoms with Crippen LogP contribution < -0.4 is 5.32 Å². The molecule has 1 aromatic carbocycles. The van der Waals surface area contributed by atoms with Gasteiger partial charge >= 0.3 is 0 Å². The molecule has 1 saturated carbocycles. The van der Waals surface area contributed by atoms with Gasteiger partial charge in [0.25, 0.3) is 0 Å². The van der Waals surface area contributed by atoms with E-state index in [1.165, 1.54) is 23.7 Å². The molecule has 1 aliphatic carbocycles. The third-order valence-corrected chi connectivity index (χ3v) is 3.55. The summed E-state index contributed by atoms with van der Waals surface area (Å²) in [4.78, 5) is 1.43. The van der Waals surface area contributed by atoms with Gasteiger partial charge in [-0.05, 0) is 29.7 Å². The van der Waals surface area contributed by atoms with Crippen LogP contribution in [-0.4, -0.2) is 32.8 Å². The number of aromatic nitrogens is 4. The first-order valence-corrected chi connectivity index (χ1v) is 6.93. The van der Waals surface area contributed by atoms with E-state index in [1.54, 1.807) is 13.1 Å². The zero-order chi connectivity index (χ0) is 13.9. The lowest BCUT2D eigenvalue weighted by atomic mass is 9.94. The lowest BCUT2D eigenvalue weighted by Crippen LogP contribution is -2.25. The summed E-state index contributed by atoms with van der Waals surface area (Å²) in [6.45, 7) is 0.740. The second kappa shape index (κ2) is 5.66. The number of aryl methyl sites for hydroxylation is 1. The van der Waals surface area contributed by atoms with Crippen LogP contribution in [0, 0.1) is 5.82 Å². The summed E-state index contributed by atoms with van der Waals surface area (Å²) in [5.41, 5.74) is 0.716. The Hall–Kier alpha value is -1.82. The molecular formula is C14H18FN5. The van der Waals surface area contributed by atoms with Crippen LogP contribution in [0.1, 0.15) is 30.1 Å². The second-order valence-corrected chi connectivity index (χ2v) is 5.30. The maximum Gasteiger partial charge on any atom is 0.175 e. The topological polar surface area (TPSA) is 55.6 Å². The molecule has 1 atom stereocenters. The van der Waals surface area contributed by atoms with Crippen molar-refractivity contribution in [2.75, 3.05) is 6.54 Å². The van der Waals surface area contributed by atoms with E-state index in [1.807, 2.05) is 12.1 Å². The Labute approximate surface area is 117 Å². The molecule has 1 heterocycles. The number of hydrogen-bond donors (Lipinski definition) is 1. The predicted octanol–water partition coefficient (Wildman–Crippen LogP) is 1.43. The maximum absolute atomic E-state index is 14.0. The monoisotopic (exact) mass is 275 g/mol. The molecule has 0 bridgehead atoms. The molecule has 1 aliphatic rings. The van der Waals surface area contributed by atoms with E-state index >= 15 is 0 Å². The van der Waals surface area contributed by atoms with Crippen LogP contribution >= 0.6 is 0 Å². The number of nitrogens with one attached hydrogen (secondary N) is 1. The van der Waals surface area contributed by atoms with Crippen molar-refractivity contribution < 1.29 is 4.39 Å². The summed E-state index contributed by atoms with van der Waals surface area (Å²) in [6.07, 6.45) is 3.02. The van der Waals surface area contributed by atoms with E-state index in [2.05, 4.69) is 20.7 Å². The normalized spacial score (nSPS) is 16.3. The number of tetrazole rings is 1. The molecule has 2 aromatic rings. The Kier molecular flexibility index (Phi) is 3.73. The number of rotatable bonds is 6. The van der Waals surface area contributed by atoms with Gasteiger partial charge in [0.15, 0.2) is 5.82 Å². The summed E-state index contributed by atoms with van der Waals surface area (Å²) >= 11 is 0. The molecule has 0 saturated heterocycles. The van der Waals surface area contributed by atoms with E-state index in [0.717, 1.165) is 6.54 Å². The fourth-order valence-electron chi connectivity index (χ4n) is 2.32. The summed E-state index contributed by atoms with van der Waals surface area (Å²) in [5, 5.41) is 15.5. The molecular weight excluding hydrogens is 257 g/mol. The molecule has 0 aliphatic heterocycles. The zero-order valence-electron chi connectivity index (χ0n) is 11.5. The molecule has 5 nitrogen and oxygen atoms in total. The highest BCUT2D eigenvalue weighted by molar-refractivity contribution is 5.23. The lowest BCUT2D eigenvalue weighted by Gasteiger charge is -2.17. The van der Waals surface area contributed by atoms with Gasteiger partial charge in [0.1, 0.15) is 5.82 Å². The average Bonchev–Trinajstić information content (AvgIpc) is 3.18. The second-order valence-electron chi connectivity index (χ2n) is 5.30. The summed E-state index contributed by atoms with van der Waals surface area (Å²) in [7, 11) is 1.73. The molecule has 1 unspecified atom stereocenters. The smallest absolute Gasteiger partial charge is 0.175 e. The molecule has 0 amide bonds. The number of hydrogen-bond acceptors (Lipinski definition) is 4. The van der Waals surface area contributed by atoms with Crippen LogP contribution in [0.5, 0.6) is 0 Å². The SMILES string of the molecule is Cn1nnc(CC(CNC2CC2)c2ccccc2F)n1. The fraction of sp³-hybridized carbons (Fsp3) is 0.500. The van der Waals surface area contributed by atoms with Gasteiger partial charge in [-0.2, -0.15) is 4.80 Å². The molecule has 1 aromatic heterocycles. The molecule has 0 radical (unpaired) electrons. The van der Waals surface area contributed by atoms with Crippen molar-refractivity contribution in [3.05, 3.63) is 41.5 Å². The predicted molar refractivity (Wildman–Crippen MR) is 72.7 cm³/mol. The average molecular weight is 275 g/mol. The minimum absolute atomic E-state index is 0.0287. The van der Waals surface area contributed by atoms with Gasteiger partial charge in [-0.3, -0.25) is 0 Å². The minimum Gasteiger partial charge on any atom is -0.313 e. The molecule has 1 fully saturated rings. The van der Waals surface area contributed by atoms with Crippen LogP contribution in [0.2, 0.25) is 0 Å². The molecule has 106 valence electrons.